The molecule has 0 radical (unpaired) electrons. The van der Waals surface area contributed by atoms with Crippen LogP contribution in [0.25, 0.3) is 0 Å². The van der Waals surface area contributed by atoms with Gasteiger partial charge in [0.15, 0.2) is 0 Å². The fraction of sp³-hybridized carbons (Fsp3) is 0. The molecule has 1 aromatic heterocycles. The Kier molecular flexibility index (Phi) is 0.651. The first-order chi connectivity index (χ1) is 3.30. The first kappa shape index (κ1) is 3.98. The van der Waals surface area contributed by atoms with Crippen LogP contribution in [-0.4, -0.2) is 20.3 Å². The third-order valence-electron chi connectivity index (χ3n) is 0.605. The molecule has 0 spiro atoms. The van der Waals surface area contributed by atoms with E-state index in [1.54, 1.807) is 0 Å². The van der Waals surface area contributed by atoms with E-state index in [1.807, 2.05) is 0 Å². The van der Waals surface area contributed by atoms with Crippen LogP contribution in [0.5, 0.6) is 5.88 Å². The van der Waals surface area contributed by atoms with Crippen LogP contribution in [0.2, 0.25) is 0 Å². The van der Waals surface area contributed by atoms with Crippen molar-refractivity contribution in [3.05, 3.63) is 12.3 Å². The molecule has 38 valence electrons. The van der Waals surface area contributed by atoms with Crippen LogP contribution in [0.3, 0.4) is 0 Å². The molecule has 0 bridgehead atoms. The number of aromatic nitrogens is 2. The summed E-state index contributed by atoms with van der Waals surface area (Å²) < 4.78 is 0. The Labute approximate surface area is 39.6 Å². The molecule has 0 aliphatic heterocycles. The maximum absolute atomic E-state index is 8.41. The molecule has 2 N–H and O–H groups in total. The number of hydrogen-bond donors (Lipinski definition) is 2. The molecule has 4 heteroatoms. The summed E-state index contributed by atoms with van der Waals surface area (Å²) in [6, 6.07) is 1.28. The average Bonchev–Trinajstić information content (AvgIpc) is 1.91. The first-order valence-corrected chi connectivity index (χ1v) is 1.73. The van der Waals surface area contributed by atoms with Crippen LogP contribution in [0, 0.1) is 0 Å². The molecule has 0 aliphatic carbocycles. The van der Waals surface area contributed by atoms with E-state index in [0.29, 0.717) is 4.85 Å². The van der Waals surface area contributed by atoms with Crippen molar-refractivity contribution in [2.24, 2.45) is 0 Å². The standard InChI is InChI=1S/C3H4N2O2/c6-3-1-2-4-5(3)7/h1-2,6-7H. The molecule has 0 aliphatic rings. The van der Waals surface area contributed by atoms with Gasteiger partial charge in [0.2, 0.25) is 5.88 Å². The molecular formula is C3H4N2O2. The van der Waals surface area contributed by atoms with Gasteiger partial charge in [0.25, 0.3) is 0 Å². The van der Waals surface area contributed by atoms with Crippen molar-refractivity contribution < 1.29 is 10.3 Å². The lowest BCUT2D eigenvalue weighted by molar-refractivity contribution is 0.121. The van der Waals surface area contributed by atoms with Gasteiger partial charge in [-0.2, -0.15) is 0 Å². The van der Waals surface area contributed by atoms with Crippen LogP contribution >= 0.6 is 0 Å². The Morgan fingerprint density at radius 3 is 2.57 bits per heavy atom. The molecule has 0 fully saturated rings. The minimum atomic E-state index is -0.250. The monoisotopic (exact) mass is 100 g/mol. The summed E-state index contributed by atoms with van der Waals surface area (Å²) in [5.74, 6) is -0.250. The molecule has 0 saturated carbocycles. The van der Waals surface area contributed by atoms with Gasteiger partial charge in [-0.05, 0) is 0 Å². The number of nitrogens with zero attached hydrogens (tertiary/aromatic N) is 2. The molecule has 4 nitrogen and oxygen atoms in total. The van der Waals surface area contributed by atoms with Crippen molar-refractivity contribution in [2.75, 3.05) is 0 Å². The predicted octanol–water partition coefficient (Wildman–Crippen LogP) is -0.174. The second-order valence-corrected chi connectivity index (χ2v) is 1.08. The quantitative estimate of drug-likeness (QED) is 0.445. The van der Waals surface area contributed by atoms with Crippen LogP contribution in [0.1, 0.15) is 0 Å². The van der Waals surface area contributed by atoms with Gasteiger partial charge >= 0.3 is 0 Å². The lowest BCUT2D eigenvalue weighted by Crippen LogP contribution is -1.88. The Morgan fingerprint density at radius 1 is 1.71 bits per heavy atom. The highest BCUT2D eigenvalue weighted by Crippen LogP contribution is 2.00. The molecule has 1 heterocycles. The largest absolute Gasteiger partial charge is 0.491 e. The zero-order valence-electron chi connectivity index (χ0n) is 3.44. The summed E-state index contributed by atoms with van der Waals surface area (Å²) in [6.45, 7) is 0. The fourth-order valence-electron chi connectivity index (χ4n) is 0.289. The van der Waals surface area contributed by atoms with Gasteiger partial charge in [0.05, 0.1) is 6.20 Å². The van der Waals surface area contributed by atoms with Crippen molar-refractivity contribution in [3.63, 3.8) is 0 Å². The Hall–Kier alpha value is -1.19. The zero-order valence-corrected chi connectivity index (χ0v) is 3.44. The summed E-state index contributed by atoms with van der Waals surface area (Å²) in [5.41, 5.74) is 0. The van der Waals surface area contributed by atoms with E-state index in [4.69, 9.17) is 10.3 Å². The maximum atomic E-state index is 8.41. The summed E-state index contributed by atoms with van der Waals surface area (Å²) in [6.07, 6.45) is 1.29. The molecule has 0 amide bonds. The van der Waals surface area contributed by atoms with Gasteiger partial charge in [-0.25, -0.2) is 0 Å². The lowest BCUT2D eigenvalue weighted by atomic mass is 10.7. The van der Waals surface area contributed by atoms with Gasteiger partial charge in [-0.3, -0.25) is 0 Å². The second kappa shape index (κ2) is 1.14. The molecule has 0 atom stereocenters. The Balaban J connectivity index is 3.12. The SMILES string of the molecule is Oc1ccnn1O. The summed E-state index contributed by atoms with van der Waals surface area (Å²) in [4.78, 5) is 0.389. The van der Waals surface area contributed by atoms with Crippen molar-refractivity contribution in [3.8, 4) is 5.88 Å². The van der Waals surface area contributed by atoms with Crippen molar-refractivity contribution in [2.45, 2.75) is 0 Å². The highest BCUT2D eigenvalue weighted by Gasteiger charge is 1.90. The maximum Gasteiger partial charge on any atom is 0.247 e. The minimum Gasteiger partial charge on any atom is -0.491 e. The summed E-state index contributed by atoms with van der Waals surface area (Å²) >= 11 is 0. The average molecular weight is 100 g/mol. The van der Waals surface area contributed by atoms with E-state index in [2.05, 4.69) is 5.10 Å². The van der Waals surface area contributed by atoms with Gasteiger partial charge < -0.3 is 10.3 Å². The van der Waals surface area contributed by atoms with Gasteiger partial charge in [-0.1, -0.05) is 4.85 Å². The van der Waals surface area contributed by atoms with E-state index in [0.717, 1.165) is 0 Å². The number of aromatic hydroxyl groups is 1. The molecule has 0 saturated heterocycles. The number of rotatable bonds is 0. The van der Waals surface area contributed by atoms with Crippen LogP contribution in [0.4, 0.5) is 0 Å². The van der Waals surface area contributed by atoms with E-state index in [-0.39, 0.29) is 5.88 Å². The summed E-state index contributed by atoms with van der Waals surface area (Å²) in [5, 5.41) is 20.0. The minimum absolute atomic E-state index is 0.250. The Morgan fingerprint density at radius 2 is 2.43 bits per heavy atom. The van der Waals surface area contributed by atoms with Crippen LogP contribution in [0.15, 0.2) is 12.3 Å². The van der Waals surface area contributed by atoms with Crippen LogP contribution in [-0.2, 0) is 0 Å². The van der Waals surface area contributed by atoms with E-state index in [9.17, 15) is 0 Å². The molecule has 0 aromatic carbocycles. The van der Waals surface area contributed by atoms with E-state index >= 15 is 0 Å². The molecule has 1 rings (SSSR count). The van der Waals surface area contributed by atoms with Crippen molar-refractivity contribution in [1.82, 2.24) is 9.94 Å². The van der Waals surface area contributed by atoms with Gasteiger partial charge in [-0.15, -0.1) is 5.10 Å². The van der Waals surface area contributed by atoms with Crippen molar-refractivity contribution in [1.29, 1.82) is 0 Å². The predicted molar refractivity (Wildman–Crippen MR) is 21.1 cm³/mol. The van der Waals surface area contributed by atoms with Crippen molar-refractivity contribution >= 4 is 0 Å². The zero-order chi connectivity index (χ0) is 5.28. The van der Waals surface area contributed by atoms with Gasteiger partial charge in [0, 0.05) is 6.07 Å². The van der Waals surface area contributed by atoms with E-state index < -0.39 is 0 Å². The topological polar surface area (TPSA) is 58.3 Å². The smallest absolute Gasteiger partial charge is 0.247 e. The number of hydrogen-bond acceptors (Lipinski definition) is 3. The third kappa shape index (κ3) is 0.489. The third-order valence-corrected chi connectivity index (χ3v) is 0.605. The van der Waals surface area contributed by atoms with Crippen LogP contribution < -0.4 is 0 Å². The second-order valence-electron chi connectivity index (χ2n) is 1.08. The molecular weight excluding hydrogens is 96.0 g/mol. The normalized spacial score (nSPS) is 9.14. The highest BCUT2D eigenvalue weighted by molar-refractivity contribution is 5.01. The first-order valence-electron chi connectivity index (χ1n) is 1.73. The summed E-state index contributed by atoms with van der Waals surface area (Å²) in [7, 11) is 0. The van der Waals surface area contributed by atoms with Gasteiger partial charge in [0.1, 0.15) is 0 Å². The lowest BCUT2D eigenvalue weighted by Gasteiger charge is -1.84. The Bertz CT molecular complexity index is 143. The molecule has 0 unspecified atom stereocenters. The highest BCUT2D eigenvalue weighted by atomic mass is 16.5. The molecule has 1 aromatic rings. The molecule has 7 heavy (non-hydrogen) atoms. The fourth-order valence-corrected chi connectivity index (χ4v) is 0.289. The van der Waals surface area contributed by atoms with E-state index in [1.165, 1.54) is 12.3 Å².